The Balaban J connectivity index is 2.01. The number of ketones is 1. The molecule has 0 saturated heterocycles. The molecule has 100 valence electrons. The SMILES string of the molecule is Nc1c(C(=O)c2ccco2)cnn1-c1ccc(Br)cc1. The fourth-order valence-corrected chi connectivity index (χ4v) is 2.13. The normalized spacial score (nSPS) is 10.7. The number of nitrogen functional groups attached to an aromatic ring is 1. The summed E-state index contributed by atoms with van der Waals surface area (Å²) >= 11 is 3.36. The van der Waals surface area contributed by atoms with E-state index in [0.717, 1.165) is 10.2 Å². The minimum atomic E-state index is -0.282. The summed E-state index contributed by atoms with van der Waals surface area (Å²) in [6, 6.07) is 10.7. The molecule has 2 aromatic heterocycles. The number of hydrogen-bond donors (Lipinski definition) is 1. The molecule has 5 nitrogen and oxygen atoms in total. The van der Waals surface area contributed by atoms with E-state index in [0.29, 0.717) is 5.56 Å². The van der Waals surface area contributed by atoms with Crippen LogP contribution in [0.3, 0.4) is 0 Å². The van der Waals surface area contributed by atoms with Crippen molar-refractivity contribution >= 4 is 27.5 Å². The van der Waals surface area contributed by atoms with Crippen molar-refractivity contribution < 1.29 is 9.21 Å². The van der Waals surface area contributed by atoms with Gasteiger partial charge < -0.3 is 10.2 Å². The maximum Gasteiger partial charge on any atom is 0.233 e. The number of anilines is 1. The van der Waals surface area contributed by atoms with E-state index in [9.17, 15) is 4.79 Å². The van der Waals surface area contributed by atoms with Crippen molar-refractivity contribution in [1.29, 1.82) is 0 Å². The van der Waals surface area contributed by atoms with Crippen molar-refractivity contribution in [3.05, 3.63) is 64.7 Å². The van der Waals surface area contributed by atoms with E-state index in [1.54, 1.807) is 12.1 Å². The predicted molar refractivity (Wildman–Crippen MR) is 77.8 cm³/mol. The van der Waals surface area contributed by atoms with E-state index in [2.05, 4.69) is 21.0 Å². The number of aromatic nitrogens is 2. The van der Waals surface area contributed by atoms with Gasteiger partial charge in [-0.25, -0.2) is 4.68 Å². The molecule has 0 aliphatic rings. The van der Waals surface area contributed by atoms with Crippen molar-refractivity contribution in [2.24, 2.45) is 0 Å². The summed E-state index contributed by atoms with van der Waals surface area (Å²) < 4.78 is 7.56. The lowest BCUT2D eigenvalue weighted by Crippen LogP contribution is -2.06. The number of furan rings is 1. The fraction of sp³-hybridized carbons (Fsp3) is 0. The number of rotatable bonds is 3. The molecule has 0 unspecified atom stereocenters. The summed E-state index contributed by atoms with van der Waals surface area (Å²) in [6.07, 6.45) is 2.89. The van der Waals surface area contributed by atoms with Crippen molar-refractivity contribution in [3.8, 4) is 5.69 Å². The number of hydrogen-bond acceptors (Lipinski definition) is 4. The summed E-state index contributed by atoms with van der Waals surface area (Å²) in [7, 11) is 0. The van der Waals surface area contributed by atoms with Gasteiger partial charge >= 0.3 is 0 Å². The molecule has 0 saturated carbocycles. The van der Waals surface area contributed by atoms with E-state index in [-0.39, 0.29) is 17.4 Å². The highest BCUT2D eigenvalue weighted by molar-refractivity contribution is 9.10. The highest BCUT2D eigenvalue weighted by Crippen LogP contribution is 2.21. The number of nitrogens with two attached hydrogens (primary N) is 1. The zero-order valence-electron chi connectivity index (χ0n) is 10.3. The van der Waals surface area contributed by atoms with Crippen LogP contribution >= 0.6 is 15.9 Å². The minimum Gasteiger partial charge on any atom is -0.461 e. The molecule has 0 spiro atoms. The number of benzene rings is 1. The minimum absolute atomic E-state index is 0.243. The first kappa shape index (κ1) is 12.7. The molecule has 3 rings (SSSR count). The summed E-state index contributed by atoms with van der Waals surface area (Å²) in [5.41, 5.74) is 7.11. The van der Waals surface area contributed by atoms with Gasteiger partial charge in [0.1, 0.15) is 5.82 Å². The van der Waals surface area contributed by atoms with E-state index in [1.165, 1.54) is 17.1 Å². The number of carbonyl (C=O) groups excluding carboxylic acids is 1. The molecule has 3 aromatic rings. The van der Waals surface area contributed by atoms with Crippen LogP contribution in [0.4, 0.5) is 5.82 Å². The zero-order valence-corrected chi connectivity index (χ0v) is 11.9. The Morgan fingerprint density at radius 3 is 2.65 bits per heavy atom. The lowest BCUT2D eigenvalue weighted by Gasteiger charge is -2.04. The Hall–Kier alpha value is -2.34. The standard InChI is InChI=1S/C14H10BrN3O2/c15-9-3-5-10(6-4-9)18-14(16)11(8-17-18)13(19)12-2-1-7-20-12/h1-8H,16H2. The van der Waals surface area contributed by atoms with Crippen LogP contribution in [0.2, 0.25) is 0 Å². The molecule has 6 heteroatoms. The van der Waals surface area contributed by atoms with Gasteiger partial charge in [0.15, 0.2) is 5.76 Å². The summed E-state index contributed by atoms with van der Waals surface area (Å²) in [6.45, 7) is 0. The Kier molecular flexibility index (Phi) is 3.15. The van der Waals surface area contributed by atoms with Crippen LogP contribution in [0.1, 0.15) is 16.1 Å². The molecule has 20 heavy (non-hydrogen) atoms. The second-order valence-electron chi connectivity index (χ2n) is 4.14. The lowest BCUT2D eigenvalue weighted by atomic mass is 10.2. The predicted octanol–water partition coefficient (Wildman–Crippen LogP) is 3.04. The smallest absolute Gasteiger partial charge is 0.233 e. The molecule has 0 bridgehead atoms. The maximum absolute atomic E-state index is 12.2. The van der Waals surface area contributed by atoms with Gasteiger partial charge in [-0.05, 0) is 36.4 Å². The molecule has 0 aliphatic heterocycles. The van der Waals surface area contributed by atoms with Crippen molar-refractivity contribution in [2.75, 3.05) is 5.73 Å². The third-order valence-electron chi connectivity index (χ3n) is 2.87. The molecular weight excluding hydrogens is 322 g/mol. The molecular formula is C14H10BrN3O2. The molecule has 1 aromatic carbocycles. The Morgan fingerprint density at radius 2 is 2.00 bits per heavy atom. The quantitative estimate of drug-likeness (QED) is 0.748. The molecule has 0 fully saturated rings. The molecule has 2 N–H and O–H groups in total. The van der Waals surface area contributed by atoms with E-state index in [4.69, 9.17) is 10.2 Å². The molecule has 0 amide bonds. The molecule has 0 radical (unpaired) electrons. The van der Waals surface area contributed by atoms with Crippen molar-refractivity contribution in [1.82, 2.24) is 9.78 Å². The Morgan fingerprint density at radius 1 is 1.25 bits per heavy atom. The zero-order chi connectivity index (χ0) is 14.1. The number of carbonyl (C=O) groups is 1. The monoisotopic (exact) mass is 331 g/mol. The van der Waals surface area contributed by atoms with Crippen LogP contribution in [-0.4, -0.2) is 15.6 Å². The van der Waals surface area contributed by atoms with Gasteiger partial charge in [-0.15, -0.1) is 0 Å². The first-order chi connectivity index (χ1) is 9.66. The molecule has 0 aliphatic carbocycles. The highest BCUT2D eigenvalue weighted by Gasteiger charge is 2.19. The van der Waals surface area contributed by atoms with Crippen LogP contribution in [-0.2, 0) is 0 Å². The van der Waals surface area contributed by atoms with Gasteiger partial charge in [0.25, 0.3) is 0 Å². The first-order valence-corrected chi connectivity index (χ1v) is 6.64. The van der Waals surface area contributed by atoms with Gasteiger partial charge in [0, 0.05) is 4.47 Å². The van der Waals surface area contributed by atoms with Gasteiger partial charge in [0.05, 0.1) is 23.7 Å². The lowest BCUT2D eigenvalue weighted by molar-refractivity contribution is 0.101. The average molecular weight is 332 g/mol. The van der Waals surface area contributed by atoms with Crippen LogP contribution in [0.25, 0.3) is 5.69 Å². The van der Waals surface area contributed by atoms with Gasteiger partial charge in [-0.1, -0.05) is 15.9 Å². The van der Waals surface area contributed by atoms with E-state index >= 15 is 0 Å². The Labute approximate surface area is 123 Å². The number of halogens is 1. The topological polar surface area (TPSA) is 74.1 Å². The van der Waals surface area contributed by atoms with Crippen LogP contribution < -0.4 is 5.73 Å². The van der Waals surface area contributed by atoms with Gasteiger partial charge in [-0.2, -0.15) is 5.10 Å². The van der Waals surface area contributed by atoms with Crippen LogP contribution in [0.15, 0.2) is 57.7 Å². The number of nitrogens with zero attached hydrogens (tertiary/aromatic N) is 2. The highest BCUT2D eigenvalue weighted by atomic mass is 79.9. The van der Waals surface area contributed by atoms with Crippen LogP contribution in [0.5, 0.6) is 0 Å². The largest absolute Gasteiger partial charge is 0.461 e. The second-order valence-corrected chi connectivity index (χ2v) is 5.05. The molecule has 0 atom stereocenters. The molecule has 2 heterocycles. The summed E-state index contributed by atoms with van der Waals surface area (Å²) in [5, 5.41) is 4.16. The average Bonchev–Trinajstić information content (AvgIpc) is 3.09. The third-order valence-corrected chi connectivity index (χ3v) is 3.40. The second kappa shape index (κ2) is 4.97. The maximum atomic E-state index is 12.2. The van der Waals surface area contributed by atoms with Gasteiger partial charge in [0.2, 0.25) is 5.78 Å². The van der Waals surface area contributed by atoms with Gasteiger partial charge in [-0.3, -0.25) is 4.79 Å². The Bertz CT molecular complexity index is 745. The van der Waals surface area contributed by atoms with E-state index in [1.807, 2.05) is 24.3 Å². The first-order valence-electron chi connectivity index (χ1n) is 5.84. The fourth-order valence-electron chi connectivity index (χ4n) is 1.86. The van der Waals surface area contributed by atoms with Crippen molar-refractivity contribution in [2.45, 2.75) is 0 Å². The summed E-state index contributed by atoms with van der Waals surface area (Å²) in [4.78, 5) is 12.2. The van der Waals surface area contributed by atoms with Crippen LogP contribution in [0, 0.1) is 0 Å². The van der Waals surface area contributed by atoms with Crippen molar-refractivity contribution in [3.63, 3.8) is 0 Å². The third kappa shape index (κ3) is 2.14. The summed E-state index contributed by atoms with van der Waals surface area (Å²) in [5.74, 6) is 0.247. The van der Waals surface area contributed by atoms with E-state index < -0.39 is 0 Å².